The van der Waals surface area contributed by atoms with Crippen LogP contribution < -0.4 is 12.4 Å². The molecular weight excluding hydrogens is 406 g/mol. The van der Waals surface area contributed by atoms with Gasteiger partial charge in [-0.15, -0.1) is 0 Å². The number of unbranched alkanes of at least 4 members (excludes halogenated alkanes) is 13. The molecule has 0 saturated heterocycles. The van der Waals surface area contributed by atoms with Crippen LogP contribution in [-0.4, -0.2) is 44.4 Å². The maximum atomic E-state index is 5.58. The lowest BCUT2D eigenvalue weighted by Crippen LogP contribution is -3.00. The summed E-state index contributed by atoms with van der Waals surface area (Å²) in [7, 11) is 2.35. The fourth-order valence-electron chi connectivity index (χ4n) is 3.90. The molecule has 0 N–H and O–H groups in total. The molecule has 0 fully saturated rings. The molecule has 0 atom stereocenters. The minimum atomic E-state index is 0. The van der Waals surface area contributed by atoms with Crippen LogP contribution >= 0.6 is 0 Å². The molecule has 0 radical (unpaired) electrons. The summed E-state index contributed by atoms with van der Waals surface area (Å²) in [6.45, 7) is 11.1. The van der Waals surface area contributed by atoms with Gasteiger partial charge in [-0.2, -0.15) is 0 Å². The van der Waals surface area contributed by atoms with Gasteiger partial charge in [0.15, 0.2) is 0 Å². The van der Waals surface area contributed by atoms with E-state index in [0.29, 0.717) is 0 Å². The average Bonchev–Trinajstić information content (AvgIpc) is 2.75. The summed E-state index contributed by atoms with van der Waals surface area (Å²) in [4.78, 5) is 0. The highest BCUT2D eigenvalue weighted by molar-refractivity contribution is 4.65. The second-order valence-corrected chi connectivity index (χ2v) is 9.07. The Morgan fingerprint density at radius 2 is 0.903 bits per heavy atom. The Morgan fingerprint density at radius 3 is 1.26 bits per heavy atom. The Bertz CT molecular complexity index is 381. The lowest BCUT2D eigenvalue weighted by atomic mass is 10.0. The summed E-state index contributed by atoms with van der Waals surface area (Å²) in [5.74, 6) is 0. The van der Waals surface area contributed by atoms with Crippen molar-refractivity contribution in [3.05, 3.63) is 24.7 Å². The standard InChI is InChI=1S/C27H54NO2.ClH/c1-5-8-9-10-11-12-13-14-15-16-17-18-19-20-21-28(4,22-26-29-24-6-2)23-27-30-25-7-3;/h6-7,24-25H,5,8-23,26-27H2,1-4H3;1H/q+1;/p-1. The van der Waals surface area contributed by atoms with Gasteiger partial charge < -0.3 is 26.4 Å². The van der Waals surface area contributed by atoms with Gasteiger partial charge in [0.1, 0.15) is 26.3 Å². The number of hydrogen-bond donors (Lipinski definition) is 0. The summed E-state index contributed by atoms with van der Waals surface area (Å²) in [5.41, 5.74) is 0. The van der Waals surface area contributed by atoms with Gasteiger partial charge in [0, 0.05) is 0 Å². The zero-order valence-corrected chi connectivity index (χ0v) is 22.1. The van der Waals surface area contributed by atoms with Crippen LogP contribution in [0.3, 0.4) is 0 Å². The Balaban J connectivity index is 0. The molecule has 0 aromatic heterocycles. The van der Waals surface area contributed by atoms with Crippen LogP contribution in [0.4, 0.5) is 0 Å². The summed E-state index contributed by atoms with van der Waals surface area (Å²) < 4.78 is 12.2. The number of likely N-dealkylation sites (N-methyl/N-ethyl adjacent to an activating group) is 1. The molecule has 4 heteroatoms. The first-order chi connectivity index (χ1) is 14.7. The van der Waals surface area contributed by atoms with Crippen LogP contribution in [-0.2, 0) is 9.47 Å². The summed E-state index contributed by atoms with van der Waals surface area (Å²) in [5, 5.41) is 0. The molecule has 0 aliphatic carbocycles. The lowest BCUT2D eigenvalue weighted by Gasteiger charge is -2.34. The van der Waals surface area contributed by atoms with Gasteiger partial charge in [-0.05, 0) is 26.7 Å². The van der Waals surface area contributed by atoms with E-state index in [1.807, 2.05) is 26.0 Å². The number of rotatable bonds is 23. The Hall–Kier alpha value is -0.670. The third-order valence-electron chi connectivity index (χ3n) is 6.01. The van der Waals surface area contributed by atoms with Crippen molar-refractivity contribution < 1.29 is 26.4 Å². The molecule has 0 amide bonds. The fourth-order valence-corrected chi connectivity index (χ4v) is 3.90. The monoisotopic (exact) mass is 459 g/mol. The number of quaternary nitrogens is 1. The molecule has 0 aliphatic heterocycles. The van der Waals surface area contributed by atoms with Crippen molar-refractivity contribution >= 4 is 0 Å². The normalized spacial score (nSPS) is 13.4. The highest BCUT2D eigenvalue weighted by Crippen LogP contribution is 2.14. The summed E-state index contributed by atoms with van der Waals surface area (Å²) in [6, 6.07) is 0. The number of hydrogen-bond acceptors (Lipinski definition) is 2. The maximum absolute atomic E-state index is 5.58. The van der Waals surface area contributed by atoms with E-state index in [4.69, 9.17) is 9.47 Å². The molecule has 31 heavy (non-hydrogen) atoms. The van der Waals surface area contributed by atoms with E-state index in [2.05, 4.69) is 14.0 Å². The Labute approximate surface area is 201 Å². The molecule has 0 rings (SSSR count). The van der Waals surface area contributed by atoms with E-state index in [1.54, 1.807) is 12.5 Å². The third kappa shape index (κ3) is 23.8. The molecule has 0 aromatic rings. The quantitative estimate of drug-likeness (QED) is 0.121. The van der Waals surface area contributed by atoms with E-state index in [-0.39, 0.29) is 12.4 Å². The highest BCUT2D eigenvalue weighted by atomic mass is 35.5. The van der Waals surface area contributed by atoms with E-state index < -0.39 is 0 Å². The molecule has 0 spiro atoms. The van der Waals surface area contributed by atoms with Crippen LogP contribution in [0.5, 0.6) is 0 Å². The van der Waals surface area contributed by atoms with E-state index in [9.17, 15) is 0 Å². The van der Waals surface area contributed by atoms with Crippen molar-refractivity contribution in [2.24, 2.45) is 0 Å². The van der Waals surface area contributed by atoms with Crippen LogP contribution in [0.15, 0.2) is 24.7 Å². The van der Waals surface area contributed by atoms with Crippen molar-refractivity contribution in [3.8, 4) is 0 Å². The number of halogens is 1. The number of nitrogens with zero attached hydrogens (tertiary/aromatic N) is 1. The first kappa shape index (κ1) is 32.5. The molecule has 0 aromatic carbocycles. The molecule has 0 heterocycles. The van der Waals surface area contributed by atoms with Gasteiger partial charge in [-0.3, -0.25) is 0 Å². The van der Waals surface area contributed by atoms with Gasteiger partial charge in [0.2, 0.25) is 0 Å². The average molecular weight is 460 g/mol. The van der Waals surface area contributed by atoms with Crippen molar-refractivity contribution in [3.63, 3.8) is 0 Å². The van der Waals surface area contributed by atoms with Crippen molar-refractivity contribution in [1.29, 1.82) is 0 Å². The molecule has 0 bridgehead atoms. The molecule has 0 aliphatic rings. The van der Waals surface area contributed by atoms with E-state index >= 15 is 0 Å². The zero-order chi connectivity index (χ0) is 22.2. The predicted octanol–water partition coefficient (Wildman–Crippen LogP) is 5.02. The molecule has 3 nitrogen and oxygen atoms in total. The van der Waals surface area contributed by atoms with Crippen molar-refractivity contribution in [2.75, 3.05) is 39.9 Å². The fraction of sp³-hybridized carbons (Fsp3) is 0.852. The number of ether oxygens (including phenoxy) is 2. The Morgan fingerprint density at radius 1 is 0.548 bits per heavy atom. The first-order valence-corrected chi connectivity index (χ1v) is 13.0. The molecule has 0 unspecified atom stereocenters. The SMILES string of the molecule is CC=COCC[N+](C)(CCCCCCCCCCCCCCCC)CCOC=CC.[Cl-]. The van der Waals surface area contributed by atoms with Crippen LogP contribution in [0, 0.1) is 0 Å². The smallest absolute Gasteiger partial charge is 0.136 e. The molecule has 186 valence electrons. The van der Waals surface area contributed by atoms with E-state index in [1.165, 1.54) is 96.4 Å². The first-order valence-electron chi connectivity index (χ1n) is 13.0. The largest absolute Gasteiger partial charge is 1.00 e. The zero-order valence-electron chi connectivity index (χ0n) is 21.4. The van der Waals surface area contributed by atoms with Gasteiger partial charge in [0.25, 0.3) is 0 Å². The highest BCUT2D eigenvalue weighted by Gasteiger charge is 2.20. The van der Waals surface area contributed by atoms with Crippen molar-refractivity contribution in [1.82, 2.24) is 0 Å². The van der Waals surface area contributed by atoms with Crippen molar-refractivity contribution in [2.45, 2.75) is 111 Å². The summed E-state index contributed by atoms with van der Waals surface area (Å²) in [6.07, 6.45) is 27.3. The van der Waals surface area contributed by atoms with Crippen LogP contribution in [0.25, 0.3) is 0 Å². The lowest BCUT2D eigenvalue weighted by molar-refractivity contribution is -0.910. The predicted molar refractivity (Wildman–Crippen MR) is 133 cm³/mol. The van der Waals surface area contributed by atoms with Gasteiger partial charge >= 0.3 is 0 Å². The Kier molecular flexibility index (Phi) is 26.8. The second kappa shape index (κ2) is 25.6. The van der Waals surface area contributed by atoms with Crippen LogP contribution in [0.2, 0.25) is 0 Å². The van der Waals surface area contributed by atoms with Gasteiger partial charge in [0.05, 0.1) is 26.1 Å². The third-order valence-corrected chi connectivity index (χ3v) is 6.01. The van der Waals surface area contributed by atoms with Gasteiger partial charge in [-0.25, -0.2) is 0 Å². The maximum Gasteiger partial charge on any atom is 0.136 e. The van der Waals surface area contributed by atoms with Gasteiger partial charge in [-0.1, -0.05) is 96.1 Å². The topological polar surface area (TPSA) is 18.5 Å². The minimum absolute atomic E-state index is 0. The van der Waals surface area contributed by atoms with Crippen LogP contribution in [0.1, 0.15) is 111 Å². The minimum Gasteiger partial charge on any atom is -1.00 e. The molecule has 0 saturated carbocycles. The number of allylic oxidation sites excluding steroid dienone is 2. The van der Waals surface area contributed by atoms with E-state index in [0.717, 1.165) is 30.8 Å². The molecular formula is C27H54ClNO2. The second-order valence-electron chi connectivity index (χ2n) is 9.07. The summed E-state index contributed by atoms with van der Waals surface area (Å²) >= 11 is 0.